The van der Waals surface area contributed by atoms with Crippen molar-refractivity contribution in [2.45, 2.75) is 19.9 Å². The quantitative estimate of drug-likeness (QED) is 0.543. The molecule has 29 heavy (non-hydrogen) atoms. The van der Waals surface area contributed by atoms with E-state index in [1.165, 1.54) is 17.1 Å². The molecule has 144 valence electrons. The summed E-state index contributed by atoms with van der Waals surface area (Å²) in [5.41, 5.74) is 4.20. The maximum Gasteiger partial charge on any atom is 0.264 e. The van der Waals surface area contributed by atoms with E-state index in [0.717, 1.165) is 28.9 Å². The number of carbonyl (C=O) groups excluding carboxylic acids is 1. The summed E-state index contributed by atoms with van der Waals surface area (Å²) in [6, 6.07) is 15.7. The highest BCUT2D eigenvalue weighted by molar-refractivity contribution is 5.95. The van der Waals surface area contributed by atoms with Crippen molar-refractivity contribution in [3.63, 3.8) is 0 Å². The van der Waals surface area contributed by atoms with Gasteiger partial charge in [-0.15, -0.1) is 0 Å². The van der Waals surface area contributed by atoms with Gasteiger partial charge >= 0.3 is 0 Å². The maximum absolute atomic E-state index is 13.0. The average Bonchev–Trinajstić information content (AvgIpc) is 3.35. The van der Waals surface area contributed by atoms with Gasteiger partial charge in [-0.3, -0.25) is 14.2 Å². The molecule has 0 aliphatic carbocycles. The number of amides is 1. The van der Waals surface area contributed by atoms with Crippen LogP contribution >= 0.6 is 0 Å². The Bertz CT molecular complexity index is 1300. The van der Waals surface area contributed by atoms with Crippen molar-refractivity contribution in [2.75, 3.05) is 11.4 Å². The van der Waals surface area contributed by atoms with Crippen LogP contribution in [0.1, 0.15) is 11.1 Å². The second-order valence-corrected chi connectivity index (χ2v) is 7.18. The Morgan fingerprint density at radius 3 is 2.66 bits per heavy atom. The van der Waals surface area contributed by atoms with Crippen LogP contribution in [0.3, 0.4) is 0 Å². The van der Waals surface area contributed by atoms with Gasteiger partial charge in [0.2, 0.25) is 5.91 Å². The standard InChI is InChI=1S/C22H19N5O2/c1-15-6-2-4-8-18(15)27-21-17(12-24-27)22(29)25(14-23-21)13-20(28)26-11-10-16-7-3-5-9-19(16)26/h2-9,12,14H,10-11,13H2,1H3. The highest BCUT2D eigenvalue weighted by atomic mass is 16.2. The van der Waals surface area contributed by atoms with Crippen LogP contribution in [0.2, 0.25) is 0 Å². The van der Waals surface area contributed by atoms with Gasteiger partial charge in [0.1, 0.15) is 18.3 Å². The van der Waals surface area contributed by atoms with E-state index in [0.29, 0.717) is 17.6 Å². The van der Waals surface area contributed by atoms with Crippen molar-refractivity contribution in [2.24, 2.45) is 0 Å². The Morgan fingerprint density at radius 2 is 1.83 bits per heavy atom. The van der Waals surface area contributed by atoms with Gasteiger partial charge in [-0.1, -0.05) is 36.4 Å². The number of para-hydroxylation sites is 2. The molecule has 7 nitrogen and oxygen atoms in total. The summed E-state index contributed by atoms with van der Waals surface area (Å²) in [6.45, 7) is 2.57. The first-order chi connectivity index (χ1) is 14.1. The van der Waals surface area contributed by atoms with Crippen LogP contribution in [0.25, 0.3) is 16.7 Å². The predicted molar refractivity (Wildman–Crippen MR) is 110 cm³/mol. The fourth-order valence-electron chi connectivity index (χ4n) is 3.87. The summed E-state index contributed by atoms with van der Waals surface area (Å²) in [5.74, 6) is -0.121. The highest BCUT2D eigenvalue weighted by Crippen LogP contribution is 2.27. The normalized spacial score (nSPS) is 13.1. The number of aromatic nitrogens is 4. The fourth-order valence-corrected chi connectivity index (χ4v) is 3.87. The van der Waals surface area contributed by atoms with E-state index in [4.69, 9.17) is 0 Å². The zero-order valence-electron chi connectivity index (χ0n) is 15.9. The summed E-state index contributed by atoms with van der Waals surface area (Å²) >= 11 is 0. The molecule has 0 unspecified atom stereocenters. The Kier molecular flexibility index (Phi) is 4.01. The van der Waals surface area contributed by atoms with Crippen LogP contribution < -0.4 is 10.5 Å². The molecule has 1 amide bonds. The molecule has 0 radical (unpaired) electrons. The number of hydrogen-bond acceptors (Lipinski definition) is 4. The average molecular weight is 385 g/mol. The smallest absolute Gasteiger partial charge is 0.264 e. The lowest BCUT2D eigenvalue weighted by atomic mass is 10.2. The van der Waals surface area contributed by atoms with E-state index >= 15 is 0 Å². The largest absolute Gasteiger partial charge is 0.310 e. The van der Waals surface area contributed by atoms with E-state index in [9.17, 15) is 9.59 Å². The third-order valence-electron chi connectivity index (χ3n) is 5.39. The van der Waals surface area contributed by atoms with Crippen LogP contribution in [-0.2, 0) is 17.8 Å². The van der Waals surface area contributed by atoms with Crippen molar-refractivity contribution in [3.8, 4) is 5.69 Å². The lowest BCUT2D eigenvalue weighted by Gasteiger charge is -2.17. The van der Waals surface area contributed by atoms with Crippen molar-refractivity contribution in [3.05, 3.63) is 82.5 Å². The minimum Gasteiger partial charge on any atom is -0.310 e. The van der Waals surface area contributed by atoms with Gasteiger partial charge in [-0.25, -0.2) is 9.67 Å². The maximum atomic E-state index is 13.0. The minimum absolute atomic E-state index is 0.0499. The minimum atomic E-state index is -0.268. The van der Waals surface area contributed by atoms with E-state index in [-0.39, 0.29) is 18.0 Å². The number of rotatable bonds is 3. The summed E-state index contributed by atoms with van der Waals surface area (Å²) in [5, 5.41) is 4.75. The third-order valence-corrected chi connectivity index (χ3v) is 5.39. The van der Waals surface area contributed by atoms with Crippen LogP contribution in [-0.4, -0.2) is 31.8 Å². The lowest BCUT2D eigenvalue weighted by Crippen LogP contribution is -2.35. The molecular weight excluding hydrogens is 366 g/mol. The molecule has 1 aliphatic heterocycles. The lowest BCUT2D eigenvalue weighted by molar-refractivity contribution is -0.119. The third kappa shape index (κ3) is 2.82. The van der Waals surface area contributed by atoms with Crippen molar-refractivity contribution < 1.29 is 4.79 Å². The van der Waals surface area contributed by atoms with Crippen LogP contribution in [0.4, 0.5) is 5.69 Å². The highest BCUT2D eigenvalue weighted by Gasteiger charge is 2.24. The number of benzene rings is 2. The topological polar surface area (TPSA) is 73.0 Å². The van der Waals surface area contributed by atoms with Gasteiger partial charge in [0.25, 0.3) is 5.56 Å². The van der Waals surface area contributed by atoms with Crippen molar-refractivity contribution in [1.82, 2.24) is 19.3 Å². The number of nitrogens with zero attached hydrogens (tertiary/aromatic N) is 5. The Labute approximate surface area is 166 Å². The molecule has 3 heterocycles. The van der Waals surface area contributed by atoms with E-state index in [1.807, 2.05) is 55.5 Å². The molecular formula is C22H19N5O2. The SMILES string of the molecule is Cc1ccccc1-n1ncc2c(=O)n(CC(=O)N3CCc4ccccc43)cnc21. The molecule has 0 atom stereocenters. The van der Waals surface area contributed by atoms with Crippen LogP contribution in [0.15, 0.2) is 65.8 Å². The summed E-state index contributed by atoms with van der Waals surface area (Å²) in [7, 11) is 0. The molecule has 7 heteroatoms. The first kappa shape index (κ1) is 17.4. The van der Waals surface area contributed by atoms with Crippen molar-refractivity contribution in [1.29, 1.82) is 0 Å². The summed E-state index contributed by atoms with van der Waals surface area (Å²) in [4.78, 5) is 32.0. The van der Waals surface area contributed by atoms with Gasteiger partial charge in [-0.05, 0) is 36.6 Å². The monoisotopic (exact) mass is 385 g/mol. The zero-order valence-corrected chi connectivity index (χ0v) is 15.9. The second kappa shape index (κ2) is 6.70. The van der Waals surface area contributed by atoms with Gasteiger partial charge in [0.15, 0.2) is 5.65 Å². The summed E-state index contributed by atoms with van der Waals surface area (Å²) in [6.07, 6.45) is 3.78. The van der Waals surface area contributed by atoms with Crippen LogP contribution in [0.5, 0.6) is 0 Å². The Hall–Kier alpha value is -3.74. The molecule has 1 aliphatic rings. The first-order valence-electron chi connectivity index (χ1n) is 9.51. The molecule has 0 spiro atoms. The molecule has 0 bridgehead atoms. The fraction of sp³-hybridized carbons (Fsp3) is 0.182. The first-order valence-corrected chi connectivity index (χ1v) is 9.51. The van der Waals surface area contributed by atoms with Gasteiger partial charge < -0.3 is 4.90 Å². The molecule has 2 aromatic carbocycles. The van der Waals surface area contributed by atoms with Gasteiger partial charge in [0, 0.05) is 12.2 Å². The van der Waals surface area contributed by atoms with Crippen molar-refractivity contribution >= 4 is 22.6 Å². The van der Waals surface area contributed by atoms with E-state index in [1.54, 1.807) is 9.58 Å². The zero-order chi connectivity index (χ0) is 20.0. The number of aryl methyl sites for hydroxylation is 1. The Balaban J connectivity index is 1.48. The molecule has 4 aromatic rings. The summed E-state index contributed by atoms with van der Waals surface area (Å²) < 4.78 is 3.02. The number of hydrogen-bond donors (Lipinski definition) is 0. The van der Waals surface area contributed by atoms with E-state index < -0.39 is 0 Å². The Morgan fingerprint density at radius 1 is 1.07 bits per heavy atom. The molecule has 0 N–H and O–H groups in total. The van der Waals surface area contributed by atoms with E-state index in [2.05, 4.69) is 10.1 Å². The molecule has 0 saturated carbocycles. The molecule has 0 saturated heterocycles. The molecule has 5 rings (SSSR count). The van der Waals surface area contributed by atoms with Gasteiger partial charge in [-0.2, -0.15) is 5.10 Å². The van der Waals surface area contributed by atoms with Crippen LogP contribution in [0, 0.1) is 6.92 Å². The predicted octanol–water partition coefficient (Wildman–Crippen LogP) is 2.48. The second-order valence-electron chi connectivity index (χ2n) is 7.18. The molecule has 0 fully saturated rings. The van der Waals surface area contributed by atoms with Gasteiger partial charge in [0.05, 0.1) is 11.9 Å². The number of carbonyl (C=O) groups is 1. The number of fused-ring (bicyclic) bond motifs is 2. The molecule has 2 aromatic heterocycles. The number of anilines is 1.